The number of hydrogen-bond acceptors (Lipinski definition) is 6. The van der Waals surface area contributed by atoms with E-state index in [1.54, 1.807) is 29.1 Å². The third-order valence-corrected chi connectivity index (χ3v) is 4.48. The Labute approximate surface area is 162 Å². The number of amides is 2. The smallest absolute Gasteiger partial charge is 0.317 e. The Balaban J connectivity index is 1.42. The van der Waals surface area contributed by atoms with Crippen LogP contribution in [0.1, 0.15) is 0 Å². The SMILES string of the molecule is COc1ccc(-n2cc(-c3ccnc(NCCN4CCNC4=O)n3)cn2)cc1. The van der Waals surface area contributed by atoms with E-state index in [0.29, 0.717) is 25.6 Å². The van der Waals surface area contributed by atoms with E-state index >= 15 is 0 Å². The summed E-state index contributed by atoms with van der Waals surface area (Å²) in [5.74, 6) is 1.32. The van der Waals surface area contributed by atoms with Crippen LogP contribution in [0.4, 0.5) is 10.7 Å². The molecule has 4 rings (SSSR count). The van der Waals surface area contributed by atoms with E-state index in [4.69, 9.17) is 4.74 Å². The molecule has 0 radical (unpaired) electrons. The summed E-state index contributed by atoms with van der Waals surface area (Å²) in [5, 5.41) is 10.4. The zero-order valence-corrected chi connectivity index (χ0v) is 15.5. The van der Waals surface area contributed by atoms with Gasteiger partial charge in [-0.3, -0.25) is 0 Å². The topological polar surface area (TPSA) is 97.2 Å². The number of anilines is 1. The summed E-state index contributed by atoms with van der Waals surface area (Å²) in [7, 11) is 1.64. The lowest BCUT2D eigenvalue weighted by molar-refractivity contribution is 0.219. The summed E-state index contributed by atoms with van der Waals surface area (Å²) in [6.07, 6.45) is 5.39. The number of ether oxygens (including phenoxy) is 1. The maximum absolute atomic E-state index is 11.6. The lowest BCUT2D eigenvalue weighted by Crippen LogP contribution is -2.32. The van der Waals surface area contributed by atoms with Gasteiger partial charge in [-0.1, -0.05) is 0 Å². The average Bonchev–Trinajstić information content (AvgIpc) is 3.38. The predicted octanol–water partition coefficient (Wildman–Crippen LogP) is 1.77. The van der Waals surface area contributed by atoms with Crippen molar-refractivity contribution < 1.29 is 9.53 Å². The highest BCUT2D eigenvalue weighted by Gasteiger charge is 2.18. The van der Waals surface area contributed by atoms with Crippen molar-refractivity contribution in [1.82, 2.24) is 30.0 Å². The molecule has 0 aliphatic carbocycles. The molecule has 0 unspecified atom stereocenters. The summed E-state index contributed by atoms with van der Waals surface area (Å²) < 4.78 is 6.97. The fourth-order valence-electron chi connectivity index (χ4n) is 2.96. The molecule has 144 valence electrons. The fraction of sp³-hybridized carbons (Fsp3) is 0.263. The van der Waals surface area contributed by atoms with Crippen molar-refractivity contribution >= 4 is 12.0 Å². The monoisotopic (exact) mass is 379 g/mol. The Hall–Kier alpha value is -3.62. The molecular weight excluding hydrogens is 358 g/mol. The first-order valence-electron chi connectivity index (χ1n) is 9.02. The standard InChI is InChI=1S/C19H21N7O2/c1-28-16-4-2-15(3-5-16)26-13-14(12-23-26)17-6-7-20-18(24-17)21-8-10-25-11-9-22-19(25)27/h2-7,12-13H,8-11H2,1H3,(H,22,27)(H,20,21,24). The molecule has 2 amide bonds. The Bertz CT molecular complexity index is 955. The molecule has 0 atom stereocenters. The Kier molecular flexibility index (Phi) is 5.05. The number of carbonyl (C=O) groups is 1. The van der Waals surface area contributed by atoms with Crippen LogP contribution in [0.25, 0.3) is 16.9 Å². The second-order valence-corrected chi connectivity index (χ2v) is 6.28. The van der Waals surface area contributed by atoms with Gasteiger partial charge >= 0.3 is 6.03 Å². The predicted molar refractivity (Wildman–Crippen MR) is 105 cm³/mol. The molecule has 9 nitrogen and oxygen atoms in total. The van der Waals surface area contributed by atoms with Gasteiger partial charge in [0.05, 0.1) is 24.7 Å². The van der Waals surface area contributed by atoms with Crippen molar-refractivity contribution in [2.75, 3.05) is 38.6 Å². The van der Waals surface area contributed by atoms with Crippen LogP contribution in [0.15, 0.2) is 48.9 Å². The van der Waals surface area contributed by atoms with E-state index in [1.165, 1.54) is 0 Å². The fourth-order valence-corrected chi connectivity index (χ4v) is 2.96. The molecular formula is C19H21N7O2. The normalized spacial score (nSPS) is 13.5. The maximum atomic E-state index is 11.6. The van der Waals surface area contributed by atoms with Gasteiger partial charge in [-0.2, -0.15) is 5.10 Å². The quantitative estimate of drug-likeness (QED) is 0.649. The minimum atomic E-state index is -0.0255. The molecule has 2 aromatic heterocycles. The summed E-state index contributed by atoms with van der Waals surface area (Å²) in [6, 6.07) is 9.49. The molecule has 2 N–H and O–H groups in total. The van der Waals surface area contributed by atoms with Crippen LogP contribution in [0.5, 0.6) is 5.75 Å². The average molecular weight is 379 g/mol. The van der Waals surface area contributed by atoms with Crippen LogP contribution in [0, 0.1) is 0 Å². The molecule has 0 bridgehead atoms. The van der Waals surface area contributed by atoms with Crippen molar-refractivity contribution in [2.45, 2.75) is 0 Å². The third kappa shape index (κ3) is 3.88. The molecule has 3 aromatic rings. The number of nitrogens with zero attached hydrogens (tertiary/aromatic N) is 5. The minimum Gasteiger partial charge on any atom is -0.497 e. The Morgan fingerprint density at radius 1 is 1.25 bits per heavy atom. The highest BCUT2D eigenvalue weighted by Crippen LogP contribution is 2.20. The first-order chi connectivity index (χ1) is 13.7. The molecule has 1 aliphatic rings. The van der Waals surface area contributed by atoms with Crippen molar-refractivity contribution in [1.29, 1.82) is 0 Å². The van der Waals surface area contributed by atoms with Crippen molar-refractivity contribution in [2.24, 2.45) is 0 Å². The van der Waals surface area contributed by atoms with Crippen LogP contribution in [-0.4, -0.2) is 64.0 Å². The molecule has 3 heterocycles. The molecule has 1 aliphatic heterocycles. The summed E-state index contributed by atoms with van der Waals surface area (Å²) in [5.41, 5.74) is 2.60. The van der Waals surface area contributed by atoms with Gasteiger partial charge in [-0.15, -0.1) is 0 Å². The Morgan fingerprint density at radius 2 is 2.11 bits per heavy atom. The van der Waals surface area contributed by atoms with E-state index in [9.17, 15) is 4.79 Å². The van der Waals surface area contributed by atoms with Gasteiger partial charge in [0.25, 0.3) is 0 Å². The zero-order valence-electron chi connectivity index (χ0n) is 15.5. The molecule has 9 heteroatoms. The van der Waals surface area contributed by atoms with Crippen LogP contribution in [-0.2, 0) is 0 Å². The van der Waals surface area contributed by atoms with Gasteiger partial charge < -0.3 is 20.3 Å². The number of carbonyl (C=O) groups excluding carboxylic acids is 1. The summed E-state index contributed by atoms with van der Waals surface area (Å²) in [6.45, 7) is 2.62. The number of methoxy groups -OCH3 is 1. The van der Waals surface area contributed by atoms with Crippen LogP contribution in [0.3, 0.4) is 0 Å². The van der Waals surface area contributed by atoms with E-state index in [2.05, 4.69) is 25.7 Å². The van der Waals surface area contributed by atoms with Gasteiger partial charge in [0.1, 0.15) is 5.75 Å². The van der Waals surface area contributed by atoms with Crippen molar-refractivity contribution in [3.8, 4) is 22.7 Å². The maximum Gasteiger partial charge on any atom is 0.317 e. The van der Waals surface area contributed by atoms with Gasteiger partial charge in [0, 0.05) is 44.1 Å². The molecule has 28 heavy (non-hydrogen) atoms. The minimum absolute atomic E-state index is 0.0255. The number of aromatic nitrogens is 4. The number of hydrogen-bond donors (Lipinski definition) is 2. The molecule has 1 fully saturated rings. The van der Waals surface area contributed by atoms with Crippen LogP contribution >= 0.6 is 0 Å². The number of urea groups is 1. The van der Waals surface area contributed by atoms with Gasteiger partial charge in [-0.25, -0.2) is 19.4 Å². The first kappa shape index (κ1) is 17.8. The van der Waals surface area contributed by atoms with Crippen LogP contribution < -0.4 is 15.4 Å². The largest absolute Gasteiger partial charge is 0.497 e. The van der Waals surface area contributed by atoms with Crippen molar-refractivity contribution in [3.05, 3.63) is 48.9 Å². The summed E-state index contributed by atoms with van der Waals surface area (Å²) >= 11 is 0. The molecule has 0 spiro atoms. The number of benzene rings is 1. The van der Waals surface area contributed by atoms with Crippen LogP contribution in [0.2, 0.25) is 0 Å². The second kappa shape index (κ2) is 7.95. The number of nitrogens with one attached hydrogen (secondary N) is 2. The highest BCUT2D eigenvalue weighted by atomic mass is 16.5. The first-order valence-corrected chi connectivity index (χ1v) is 9.02. The second-order valence-electron chi connectivity index (χ2n) is 6.28. The molecule has 1 aromatic carbocycles. The molecule has 0 saturated carbocycles. The lowest BCUT2D eigenvalue weighted by atomic mass is 10.2. The summed E-state index contributed by atoms with van der Waals surface area (Å²) in [4.78, 5) is 22.1. The molecule has 1 saturated heterocycles. The van der Waals surface area contributed by atoms with E-state index in [-0.39, 0.29) is 6.03 Å². The van der Waals surface area contributed by atoms with E-state index < -0.39 is 0 Å². The van der Waals surface area contributed by atoms with Crippen molar-refractivity contribution in [3.63, 3.8) is 0 Å². The van der Waals surface area contributed by atoms with Gasteiger partial charge in [0.2, 0.25) is 5.95 Å². The van der Waals surface area contributed by atoms with E-state index in [0.717, 1.165) is 29.2 Å². The van der Waals surface area contributed by atoms with E-state index in [1.807, 2.05) is 36.5 Å². The third-order valence-electron chi connectivity index (χ3n) is 4.48. The van der Waals surface area contributed by atoms with Gasteiger partial charge in [-0.05, 0) is 30.3 Å². The number of rotatable bonds is 7. The zero-order chi connectivity index (χ0) is 19.3. The van der Waals surface area contributed by atoms with Gasteiger partial charge in [0.15, 0.2) is 0 Å². The Morgan fingerprint density at radius 3 is 2.86 bits per heavy atom. The highest BCUT2D eigenvalue weighted by molar-refractivity contribution is 5.76. The lowest BCUT2D eigenvalue weighted by Gasteiger charge is -2.14.